The van der Waals surface area contributed by atoms with Crippen molar-refractivity contribution in [1.82, 2.24) is 21.0 Å². The number of nitrogens with zero attached hydrogens (tertiary/aromatic N) is 1. The van der Waals surface area contributed by atoms with Gasteiger partial charge in [-0.05, 0) is 76.2 Å². The highest BCUT2D eigenvalue weighted by molar-refractivity contribution is 6.24. The fourth-order valence-electron chi connectivity index (χ4n) is 6.84. The van der Waals surface area contributed by atoms with Crippen LogP contribution in [0.5, 0.6) is 0 Å². The Bertz CT molecular complexity index is 1670. The zero-order valence-corrected chi connectivity index (χ0v) is 33.3. The third-order valence-electron chi connectivity index (χ3n) is 9.81. The summed E-state index contributed by atoms with van der Waals surface area (Å²) >= 11 is 0. The third kappa shape index (κ3) is 12.8. The van der Waals surface area contributed by atoms with Crippen LogP contribution in [0.1, 0.15) is 83.1 Å². The maximum Gasteiger partial charge on any atom is 0.312 e. The standard InChI is InChI=1S/C42H58N4O9/c1-9-18-46(19-10-2)24-30-14-16-31(17-15-30)42(52)44-38-32-20-26(3)21-36(54-8)39(49)29(6)22-28(5)37(45-55-25-47)35(53-7)13-11-12-27(4)41(51)43-33(40(32)50)23-34(38)48/h11-17,22-23,25-26,29,35-37,39,45,49H,9-10,18-21,24H2,1-8H3,(H,43,51)(H,44,52)/b13-11-,27-12+,28-22+/t26-,29+,35+,36+,37+,39-/m1/s1. The Kier molecular flexibility index (Phi) is 18.1. The van der Waals surface area contributed by atoms with Gasteiger partial charge in [0.2, 0.25) is 11.6 Å². The van der Waals surface area contributed by atoms with E-state index in [-0.39, 0.29) is 47.8 Å². The summed E-state index contributed by atoms with van der Waals surface area (Å²) in [5.41, 5.74) is 4.63. The number of Topliss-reactive ketones (excluding diaryl/α,β-unsaturated/α-hetero) is 1. The van der Waals surface area contributed by atoms with Gasteiger partial charge in [-0.15, -0.1) is 5.48 Å². The van der Waals surface area contributed by atoms with Crippen molar-refractivity contribution < 1.29 is 43.4 Å². The van der Waals surface area contributed by atoms with Crippen LogP contribution in [0.3, 0.4) is 0 Å². The number of rotatable bonds is 13. The molecule has 0 spiro atoms. The number of hydrogen-bond acceptors (Lipinski definition) is 11. The van der Waals surface area contributed by atoms with E-state index < -0.39 is 53.7 Å². The number of ketones is 2. The van der Waals surface area contributed by atoms with Crippen molar-refractivity contribution in [2.45, 2.75) is 98.1 Å². The number of fused-ring (bicyclic) bond motifs is 2. The summed E-state index contributed by atoms with van der Waals surface area (Å²) in [5, 5.41) is 16.7. The van der Waals surface area contributed by atoms with E-state index in [2.05, 4.69) is 34.9 Å². The number of methoxy groups -OCH3 is 2. The average Bonchev–Trinajstić information content (AvgIpc) is 3.16. The summed E-state index contributed by atoms with van der Waals surface area (Å²) in [7, 11) is 2.96. The minimum Gasteiger partial charge on any atom is -0.390 e. The van der Waals surface area contributed by atoms with Gasteiger partial charge in [0.1, 0.15) is 0 Å². The zero-order chi connectivity index (χ0) is 40.7. The molecule has 0 fully saturated rings. The molecule has 0 aromatic heterocycles. The summed E-state index contributed by atoms with van der Waals surface area (Å²) in [4.78, 5) is 72.9. The summed E-state index contributed by atoms with van der Waals surface area (Å²) in [6.07, 6.45) is 7.63. The maximum absolute atomic E-state index is 14.1. The number of hydroxylamine groups is 1. The number of hydrogen-bond donors (Lipinski definition) is 4. The summed E-state index contributed by atoms with van der Waals surface area (Å²) in [6, 6.07) is 6.52. The molecule has 6 atom stereocenters. The molecule has 1 heterocycles. The van der Waals surface area contributed by atoms with Gasteiger partial charge in [0, 0.05) is 49.5 Å². The molecule has 0 saturated carbocycles. The van der Waals surface area contributed by atoms with Crippen LogP contribution in [0.4, 0.5) is 0 Å². The van der Waals surface area contributed by atoms with E-state index in [1.54, 1.807) is 38.1 Å². The SMILES string of the molecule is CCCN(CCC)Cc1ccc(C(=O)NC2=C3C[C@@H](C)C[C@H](OC)[C@H](O)[C@@H](C)/C=C(\C)[C@H](NOC=O)[C@@H](OC)/C=C\C=C(/C)C(=O)NC(=CC2=O)C3=O)cc1. The Morgan fingerprint density at radius 2 is 1.71 bits per heavy atom. The molecule has 2 amide bonds. The number of amides is 2. The normalized spacial score (nSPS) is 27.0. The van der Waals surface area contributed by atoms with Gasteiger partial charge in [-0.2, -0.15) is 0 Å². The van der Waals surface area contributed by atoms with Crippen molar-refractivity contribution in [3.63, 3.8) is 0 Å². The van der Waals surface area contributed by atoms with E-state index in [9.17, 15) is 29.1 Å². The number of benzene rings is 1. The first-order valence-electron chi connectivity index (χ1n) is 18.9. The highest BCUT2D eigenvalue weighted by Gasteiger charge is 2.34. The molecular formula is C42H58N4O9. The van der Waals surface area contributed by atoms with Crippen LogP contribution in [0.25, 0.3) is 0 Å². The van der Waals surface area contributed by atoms with Crippen LogP contribution in [0, 0.1) is 11.8 Å². The topological polar surface area (TPSA) is 173 Å². The number of aliphatic hydroxyl groups excluding tert-OH is 1. The van der Waals surface area contributed by atoms with Crippen molar-refractivity contribution in [1.29, 1.82) is 0 Å². The molecule has 1 aromatic carbocycles. The Morgan fingerprint density at radius 1 is 1.04 bits per heavy atom. The zero-order valence-electron chi connectivity index (χ0n) is 33.3. The lowest BCUT2D eigenvalue weighted by Crippen LogP contribution is -2.41. The van der Waals surface area contributed by atoms with E-state index in [1.165, 1.54) is 20.3 Å². The Hall–Kier alpha value is -4.53. The first-order valence-corrected chi connectivity index (χ1v) is 18.9. The summed E-state index contributed by atoms with van der Waals surface area (Å²) < 4.78 is 11.4. The quantitative estimate of drug-likeness (QED) is 0.0972. The molecule has 0 unspecified atom stereocenters. The second-order valence-electron chi connectivity index (χ2n) is 14.3. The van der Waals surface area contributed by atoms with Crippen LogP contribution < -0.4 is 16.1 Å². The van der Waals surface area contributed by atoms with E-state index >= 15 is 0 Å². The molecule has 13 nitrogen and oxygen atoms in total. The molecule has 13 heteroatoms. The fraction of sp³-hybridized carbons (Fsp3) is 0.500. The minimum absolute atomic E-state index is 0.0367. The largest absolute Gasteiger partial charge is 0.390 e. The molecule has 2 aliphatic rings. The van der Waals surface area contributed by atoms with Gasteiger partial charge in [-0.3, -0.25) is 28.9 Å². The lowest BCUT2D eigenvalue weighted by atomic mass is 9.85. The fourth-order valence-corrected chi connectivity index (χ4v) is 6.84. The van der Waals surface area contributed by atoms with Crippen LogP contribution in [0.2, 0.25) is 0 Å². The summed E-state index contributed by atoms with van der Waals surface area (Å²) in [6.45, 7) is 14.2. The average molecular weight is 763 g/mol. The Labute approximate surface area is 324 Å². The van der Waals surface area contributed by atoms with Crippen molar-refractivity contribution in [2.75, 3.05) is 27.3 Å². The molecule has 1 aromatic rings. The molecule has 0 radical (unpaired) electrons. The van der Waals surface area contributed by atoms with Crippen LogP contribution in [-0.2, 0) is 40.0 Å². The van der Waals surface area contributed by atoms with E-state index in [0.717, 1.165) is 44.1 Å². The predicted octanol–water partition coefficient (Wildman–Crippen LogP) is 4.40. The molecule has 1 aliphatic heterocycles. The lowest BCUT2D eigenvalue weighted by Gasteiger charge is -2.30. The number of allylic oxidation sites excluding steroid dienone is 4. The van der Waals surface area contributed by atoms with Gasteiger partial charge in [0.25, 0.3) is 11.8 Å². The number of nitrogens with one attached hydrogen (secondary N) is 3. The molecule has 4 N–H and O–H groups in total. The highest BCUT2D eigenvalue weighted by Crippen LogP contribution is 2.29. The van der Waals surface area contributed by atoms with E-state index in [0.29, 0.717) is 11.1 Å². The molecule has 0 saturated heterocycles. The van der Waals surface area contributed by atoms with E-state index in [1.807, 2.05) is 32.1 Å². The van der Waals surface area contributed by atoms with Gasteiger partial charge in [-0.25, -0.2) is 0 Å². The highest BCUT2D eigenvalue weighted by atomic mass is 16.7. The number of carbonyl (C=O) groups is 5. The molecule has 3 rings (SSSR count). The Balaban J connectivity index is 2.02. The molecule has 300 valence electrons. The van der Waals surface area contributed by atoms with Gasteiger partial charge < -0.3 is 30.1 Å². The molecule has 1 aliphatic carbocycles. The molecule has 2 bridgehead atoms. The van der Waals surface area contributed by atoms with Crippen LogP contribution >= 0.6 is 0 Å². The first kappa shape index (κ1) is 44.9. The van der Waals surface area contributed by atoms with Gasteiger partial charge in [-0.1, -0.05) is 69.7 Å². The molecular weight excluding hydrogens is 704 g/mol. The van der Waals surface area contributed by atoms with Crippen molar-refractivity contribution in [3.05, 3.63) is 93.9 Å². The van der Waals surface area contributed by atoms with Crippen LogP contribution in [-0.4, -0.2) is 91.5 Å². The smallest absolute Gasteiger partial charge is 0.312 e. The van der Waals surface area contributed by atoms with Gasteiger partial charge in [0.05, 0.1) is 35.7 Å². The second-order valence-corrected chi connectivity index (χ2v) is 14.3. The summed E-state index contributed by atoms with van der Waals surface area (Å²) in [5.74, 6) is -3.19. The number of ether oxygens (including phenoxy) is 2. The lowest BCUT2D eigenvalue weighted by molar-refractivity contribution is -0.138. The number of carbonyl (C=O) groups excluding carboxylic acids is 5. The van der Waals surface area contributed by atoms with Crippen molar-refractivity contribution >= 4 is 29.9 Å². The monoisotopic (exact) mass is 762 g/mol. The second kappa shape index (κ2) is 22.1. The van der Waals surface area contributed by atoms with Crippen LogP contribution in [0.15, 0.2) is 82.8 Å². The first-order chi connectivity index (χ1) is 26.3. The maximum atomic E-state index is 14.1. The Morgan fingerprint density at radius 3 is 2.31 bits per heavy atom. The molecule has 55 heavy (non-hydrogen) atoms. The van der Waals surface area contributed by atoms with E-state index in [4.69, 9.17) is 14.3 Å². The van der Waals surface area contributed by atoms with Gasteiger partial charge >= 0.3 is 6.47 Å². The predicted molar refractivity (Wildman–Crippen MR) is 209 cm³/mol. The third-order valence-corrected chi connectivity index (χ3v) is 9.81. The van der Waals surface area contributed by atoms with Crippen molar-refractivity contribution in [3.8, 4) is 0 Å². The van der Waals surface area contributed by atoms with Crippen molar-refractivity contribution in [2.24, 2.45) is 11.8 Å². The van der Waals surface area contributed by atoms with Gasteiger partial charge in [0.15, 0.2) is 0 Å². The number of aliphatic hydroxyl groups is 1. The minimum atomic E-state index is -0.996.